The van der Waals surface area contributed by atoms with E-state index in [4.69, 9.17) is 14.2 Å². The van der Waals surface area contributed by atoms with Crippen molar-refractivity contribution < 1.29 is 14.2 Å². The fourth-order valence-electron chi connectivity index (χ4n) is 2.62. The molecule has 118 valence electrons. The third kappa shape index (κ3) is 5.30. The number of nitrogens with one attached hydrogen (secondary N) is 1. The number of rotatable bonds is 9. The van der Waals surface area contributed by atoms with Gasteiger partial charge in [0.05, 0.1) is 19.8 Å². The molecule has 1 aliphatic rings. The van der Waals surface area contributed by atoms with Gasteiger partial charge < -0.3 is 19.5 Å². The zero-order valence-corrected chi connectivity index (χ0v) is 13.1. The van der Waals surface area contributed by atoms with E-state index < -0.39 is 0 Å². The molecule has 1 heterocycles. The summed E-state index contributed by atoms with van der Waals surface area (Å²) in [7, 11) is 1.71. The Kier molecular flexibility index (Phi) is 7.00. The van der Waals surface area contributed by atoms with E-state index in [1.165, 1.54) is 12.0 Å². The van der Waals surface area contributed by atoms with Gasteiger partial charge in [-0.2, -0.15) is 0 Å². The topological polar surface area (TPSA) is 39.7 Å². The number of para-hydroxylation sites is 1. The predicted octanol–water partition coefficient (Wildman–Crippen LogP) is 2.93. The summed E-state index contributed by atoms with van der Waals surface area (Å²) in [5.74, 6) is 0.937. The third-order valence-electron chi connectivity index (χ3n) is 3.85. The van der Waals surface area contributed by atoms with Crippen LogP contribution in [-0.4, -0.2) is 39.6 Å². The molecule has 1 N–H and O–H groups in total. The lowest BCUT2D eigenvalue weighted by Gasteiger charge is -2.17. The summed E-state index contributed by atoms with van der Waals surface area (Å²) in [6, 6.07) is 8.41. The van der Waals surface area contributed by atoms with Crippen LogP contribution in [0.15, 0.2) is 24.3 Å². The Balaban J connectivity index is 1.59. The van der Waals surface area contributed by atoms with Gasteiger partial charge in [0.15, 0.2) is 0 Å². The Bertz CT molecular complexity index is 405. The Morgan fingerprint density at radius 1 is 1.38 bits per heavy atom. The zero-order valence-electron chi connectivity index (χ0n) is 13.1. The van der Waals surface area contributed by atoms with E-state index in [1.54, 1.807) is 7.11 Å². The van der Waals surface area contributed by atoms with Crippen molar-refractivity contribution in [3.63, 3.8) is 0 Å². The van der Waals surface area contributed by atoms with Gasteiger partial charge in [-0.1, -0.05) is 18.2 Å². The molecule has 1 aromatic rings. The molecule has 0 aromatic heterocycles. The molecule has 0 aliphatic carbocycles. The van der Waals surface area contributed by atoms with Gasteiger partial charge in [-0.05, 0) is 38.8 Å². The first kappa shape index (κ1) is 16.3. The van der Waals surface area contributed by atoms with E-state index in [1.807, 2.05) is 18.2 Å². The van der Waals surface area contributed by atoms with Crippen molar-refractivity contribution in [3.05, 3.63) is 29.8 Å². The van der Waals surface area contributed by atoms with Crippen LogP contribution in [0, 0.1) is 0 Å². The molecule has 2 atom stereocenters. The molecule has 4 nitrogen and oxygen atoms in total. The van der Waals surface area contributed by atoms with Crippen molar-refractivity contribution >= 4 is 0 Å². The van der Waals surface area contributed by atoms with Gasteiger partial charge >= 0.3 is 0 Å². The summed E-state index contributed by atoms with van der Waals surface area (Å²) >= 11 is 0. The van der Waals surface area contributed by atoms with Crippen LogP contribution < -0.4 is 10.1 Å². The van der Waals surface area contributed by atoms with Gasteiger partial charge in [0, 0.05) is 24.8 Å². The van der Waals surface area contributed by atoms with Crippen molar-refractivity contribution in [2.75, 3.05) is 33.5 Å². The molecule has 2 rings (SSSR count). The van der Waals surface area contributed by atoms with Crippen LogP contribution in [0.25, 0.3) is 0 Å². The Morgan fingerprint density at radius 3 is 3.00 bits per heavy atom. The first-order chi connectivity index (χ1) is 10.3. The summed E-state index contributed by atoms with van der Waals surface area (Å²) in [4.78, 5) is 0. The first-order valence-electron chi connectivity index (χ1n) is 7.87. The standard InChI is InChI=1S/C17H27NO3/c1-14(16-8-3-4-9-17(16)19-2)18-10-6-11-20-13-15-7-5-12-21-15/h3-4,8-9,14-15,18H,5-7,10-13H2,1-2H3. The van der Waals surface area contributed by atoms with Crippen molar-refractivity contribution in [2.45, 2.75) is 38.3 Å². The molecule has 2 unspecified atom stereocenters. The molecular weight excluding hydrogens is 266 g/mol. The molecule has 1 aromatic carbocycles. The molecule has 0 saturated carbocycles. The highest BCUT2D eigenvalue weighted by molar-refractivity contribution is 5.35. The van der Waals surface area contributed by atoms with Gasteiger partial charge in [-0.3, -0.25) is 0 Å². The maximum absolute atomic E-state index is 5.66. The lowest BCUT2D eigenvalue weighted by Crippen LogP contribution is -2.22. The van der Waals surface area contributed by atoms with Gasteiger partial charge in [-0.25, -0.2) is 0 Å². The van der Waals surface area contributed by atoms with E-state index >= 15 is 0 Å². The number of hydrogen-bond acceptors (Lipinski definition) is 4. The van der Waals surface area contributed by atoms with Crippen LogP contribution in [0.3, 0.4) is 0 Å². The molecule has 21 heavy (non-hydrogen) atoms. The van der Waals surface area contributed by atoms with Gasteiger partial charge in [0.25, 0.3) is 0 Å². The molecule has 4 heteroatoms. The highest BCUT2D eigenvalue weighted by atomic mass is 16.5. The maximum Gasteiger partial charge on any atom is 0.123 e. The molecule has 0 radical (unpaired) electrons. The van der Waals surface area contributed by atoms with Crippen molar-refractivity contribution in [3.8, 4) is 5.75 Å². The fraction of sp³-hybridized carbons (Fsp3) is 0.647. The van der Waals surface area contributed by atoms with Gasteiger partial charge in [0.1, 0.15) is 5.75 Å². The second-order valence-corrected chi connectivity index (χ2v) is 5.48. The second kappa shape index (κ2) is 9.03. The summed E-state index contributed by atoms with van der Waals surface area (Å²) in [5, 5.41) is 3.51. The minimum atomic E-state index is 0.277. The van der Waals surface area contributed by atoms with Crippen molar-refractivity contribution in [1.82, 2.24) is 5.32 Å². The summed E-state index contributed by atoms with van der Waals surface area (Å²) in [6.07, 6.45) is 3.65. The molecule has 1 fully saturated rings. The summed E-state index contributed by atoms with van der Waals surface area (Å²) in [6.45, 7) is 5.51. The average Bonchev–Trinajstić information content (AvgIpc) is 3.03. The summed E-state index contributed by atoms with van der Waals surface area (Å²) in [5.41, 5.74) is 1.19. The lowest BCUT2D eigenvalue weighted by molar-refractivity contribution is 0.0165. The smallest absolute Gasteiger partial charge is 0.123 e. The highest BCUT2D eigenvalue weighted by Gasteiger charge is 2.15. The predicted molar refractivity (Wildman–Crippen MR) is 83.8 cm³/mol. The van der Waals surface area contributed by atoms with E-state index in [0.29, 0.717) is 6.10 Å². The highest BCUT2D eigenvalue weighted by Crippen LogP contribution is 2.24. The van der Waals surface area contributed by atoms with Crippen molar-refractivity contribution in [2.24, 2.45) is 0 Å². The minimum absolute atomic E-state index is 0.277. The molecule has 0 spiro atoms. The van der Waals surface area contributed by atoms with E-state index in [9.17, 15) is 0 Å². The fourth-order valence-corrected chi connectivity index (χ4v) is 2.62. The monoisotopic (exact) mass is 293 g/mol. The van der Waals surface area contributed by atoms with E-state index in [-0.39, 0.29) is 6.04 Å². The Labute approximate surface area is 127 Å². The Morgan fingerprint density at radius 2 is 2.24 bits per heavy atom. The summed E-state index contributed by atoms with van der Waals surface area (Å²) < 4.78 is 16.6. The largest absolute Gasteiger partial charge is 0.496 e. The number of ether oxygens (including phenoxy) is 3. The molecular formula is C17H27NO3. The van der Waals surface area contributed by atoms with Crippen LogP contribution in [0.4, 0.5) is 0 Å². The Hall–Kier alpha value is -1.10. The van der Waals surface area contributed by atoms with Crippen LogP contribution in [0.5, 0.6) is 5.75 Å². The molecule has 0 amide bonds. The quantitative estimate of drug-likeness (QED) is 0.711. The van der Waals surface area contributed by atoms with Gasteiger partial charge in [0.2, 0.25) is 0 Å². The van der Waals surface area contributed by atoms with E-state index in [2.05, 4.69) is 18.3 Å². The molecule has 0 bridgehead atoms. The second-order valence-electron chi connectivity index (χ2n) is 5.48. The SMILES string of the molecule is COc1ccccc1C(C)NCCCOCC1CCCO1. The third-order valence-corrected chi connectivity index (χ3v) is 3.85. The zero-order chi connectivity index (χ0) is 14.9. The minimum Gasteiger partial charge on any atom is -0.496 e. The lowest BCUT2D eigenvalue weighted by atomic mass is 10.1. The van der Waals surface area contributed by atoms with Crippen LogP contribution in [0.1, 0.15) is 37.8 Å². The maximum atomic E-state index is 5.66. The first-order valence-corrected chi connectivity index (χ1v) is 7.87. The van der Waals surface area contributed by atoms with Gasteiger partial charge in [-0.15, -0.1) is 0 Å². The normalized spacial score (nSPS) is 19.6. The average molecular weight is 293 g/mol. The van der Waals surface area contributed by atoms with Crippen molar-refractivity contribution in [1.29, 1.82) is 0 Å². The van der Waals surface area contributed by atoms with Crippen LogP contribution in [0.2, 0.25) is 0 Å². The molecule has 1 saturated heterocycles. The molecule has 1 aliphatic heterocycles. The van der Waals surface area contributed by atoms with Crippen LogP contribution >= 0.6 is 0 Å². The van der Waals surface area contributed by atoms with Crippen LogP contribution in [-0.2, 0) is 9.47 Å². The van der Waals surface area contributed by atoms with E-state index in [0.717, 1.165) is 45.0 Å². The number of benzene rings is 1. The number of methoxy groups -OCH3 is 1. The number of hydrogen-bond donors (Lipinski definition) is 1.